The summed E-state index contributed by atoms with van der Waals surface area (Å²) in [6, 6.07) is 10.3. The van der Waals surface area contributed by atoms with Gasteiger partial charge in [0, 0.05) is 17.5 Å². The Hall–Kier alpha value is -2.29. The Labute approximate surface area is 181 Å². The van der Waals surface area contributed by atoms with Crippen LogP contribution in [0.25, 0.3) is 16.8 Å². The Morgan fingerprint density at radius 3 is 2.53 bits per heavy atom. The van der Waals surface area contributed by atoms with Gasteiger partial charge in [-0.1, -0.05) is 89.6 Å². The molecule has 0 amide bonds. The van der Waals surface area contributed by atoms with E-state index in [1.54, 1.807) is 0 Å². The highest BCUT2D eigenvalue weighted by Crippen LogP contribution is 2.40. The van der Waals surface area contributed by atoms with Gasteiger partial charge in [-0.25, -0.2) is 0 Å². The van der Waals surface area contributed by atoms with Crippen LogP contribution < -0.4 is 4.74 Å². The maximum Gasteiger partial charge on any atom is 0.306 e. The Balaban J connectivity index is 1.62. The van der Waals surface area contributed by atoms with Crippen LogP contribution in [0.2, 0.25) is 0 Å². The van der Waals surface area contributed by atoms with Gasteiger partial charge < -0.3 is 9.47 Å². The van der Waals surface area contributed by atoms with E-state index in [2.05, 4.69) is 45.0 Å². The first kappa shape index (κ1) is 22.4. The van der Waals surface area contributed by atoms with Crippen LogP contribution in [0.5, 0.6) is 5.75 Å². The molecular weight excluding hydrogens is 372 g/mol. The quantitative estimate of drug-likeness (QED) is 0.267. The van der Waals surface area contributed by atoms with Gasteiger partial charge >= 0.3 is 5.97 Å². The Bertz CT molecular complexity index is 866. The summed E-state index contributed by atoms with van der Waals surface area (Å²) in [6.07, 6.45) is 12.6. The van der Waals surface area contributed by atoms with E-state index >= 15 is 0 Å². The molecule has 0 aliphatic heterocycles. The van der Waals surface area contributed by atoms with Crippen LogP contribution in [0.1, 0.15) is 89.4 Å². The minimum Gasteiger partial charge on any atom is -0.493 e. The fourth-order valence-electron chi connectivity index (χ4n) is 4.02. The minimum atomic E-state index is -0.321. The average Bonchev–Trinajstić information content (AvgIpc) is 2.74. The second-order valence-corrected chi connectivity index (χ2v) is 8.77. The zero-order valence-corrected chi connectivity index (χ0v) is 18.8. The van der Waals surface area contributed by atoms with Crippen LogP contribution in [0.15, 0.2) is 36.4 Å². The van der Waals surface area contributed by atoms with E-state index < -0.39 is 0 Å². The summed E-state index contributed by atoms with van der Waals surface area (Å²) in [7, 11) is 0. The van der Waals surface area contributed by atoms with Crippen molar-refractivity contribution in [3.63, 3.8) is 0 Å². The van der Waals surface area contributed by atoms with Crippen molar-refractivity contribution < 1.29 is 14.3 Å². The third-order valence-corrected chi connectivity index (χ3v) is 5.64. The highest BCUT2D eigenvalue weighted by atomic mass is 16.5. The summed E-state index contributed by atoms with van der Waals surface area (Å²) in [5.41, 5.74) is 2.14. The number of esters is 1. The summed E-state index contributed by atoms with van der Waals surface area (Å²) in [5, 5.41) is 2.28. The minimum absolute atomic E-state index is 0.106. The summed E-state index contributed by atoms with van der Waals surface area (Å²) >= 11 is 0. The van der Waals surface area contributed by atoms with E-state index in [0.29, 0.717) is 18.9 Å². The normalized spacial score (nSPS) is 15.0. The summed E-state index contributed by atoms with van der Waals surface area (Å²) in [6.45, 7) is 7.21. The van der Waals surface area contributed by atoms with E-state index in [9.17, 15) is 4.79 Å². The SMILES string of the molecule is CCCCCCCCCC(=O)OC1C=Cc2c(OCC(C)C)ccc3cccc1c23. The number of carbonyl (C=O) groups excluding carboxylic acids is 1. The van der Waals surface area contributed by atoms with Crippen molar-refractivity contribution in [3.05, 3.63) is 47.5 Å². The van der Waals surface area contributed by atoms with Crippen molar-refractivity contribution in [1.29, 1.82) is 0 Å². The largest absolute Gasteiger partial charge is 0.493 e. The van der Waals surface area contributed by atoms with Crippen molar-refractivity contribution in [2.45, 2.75) is 78.2 Å². The number of benzene rings is 2. The molecule has 1 aliphatic rings. The third kappa shape index (κ3) is 5.87. The second-order valence-electron chi connectivity index (χ2n) is 8.77. The lowest BCUT2D eigenvalue weighted by atomic mass is 9.90. The molecule has 0 N–H and O–H groups in total. The number of rotatable bonds is 12. The number of carbonyl (C=O) groups is 1. The number of hydrogen-bond donors (Lipinski definition) is 0. The summed E-state index contributed by atoms with van der Waals surface area (Å²) in [5.74, 6) is 1.26. The molecule has 2 aromatic rings. The molecule has 0 radical (unpaired) electrons. The van der Waals surface area contributed by atoms with Gasteiger partial charge in [0.1, 0.15) is 11.9 Å². The first-order valence-electron chi connectivity index (χ1n) is 11.7. The van der Waals surface area contributed by atoms with Crippen molar-refractivity contribution in [2.75, 3.05) is 6.61 Å². The van der Waals surface area contributed by atoms with Crippen molar-refractivity contribution in [2.24, 2.45) is 5.92 Å². The number of unbranched alkanes of at least 4 members (excludes halogenated alkanes) is 6. The van der Waals surface area contributed by atoms with Crippen LogP contribution in [0.4, 0.5) is 0 Å². The standard InChI is InChI=1S/C27H36O3/c1-4-5-6-7-8-9-10-14-26(28)30-25-18-16-23-24(29-19-20(2)3)17-15-21-12-11-13-22(25)27(21)23/h11-13,15-18,20,25H,4-10,14,19H2,1-3H3. The highest BCUT2D eigenvalue weighted by molar-refractivity contribution is 5.97. The van der Waals surface area contributed by atoms with Gasteiger partial charge in [0.15, 0.2) is 0 Å². The summed E-state index contributed by atoms with van der Waals surface area (Å²) in [4.78, 5) is 12.4. The van der Waals surface area contributed by atoms with E-state index in [4.69, 9.17) is 9.47 Å². The maximum absolute atomic E-state index is 12.4. The van der Waals surface area contributed by atoms with Crippen molar-refractivity contribution >= 4 is 22.8 Å². The molecule has 0 bridgehead atoms. The van der Waals surface area contributed by atoms with Gasteiger partial charge in [-0.05, 0) is 35.3 Å². The molecule has 3 heteroatoms. The van der Waals surface area contributed by atoms with Crippen LogP contribution in [-0.4, -0.2) is 12.6 Å². The fourth-order valence-corrected chi connectivity index (χ4v) is 4.02. The van der Waals surface area contributed by atoms with Gasteiger partial charge in [0.25, 0.3) is 0 Å². The Kier molecular flexibility index (Phi) is 8.36. The zero-order valence-electron chi connectivity index (χ0n) is 18.8. The zero-order chi connectivity index (χ0) is 21.3. The molecule has 1 unspecified atom stereocenters. The molecule has 0 heterocycles. The van der Waals surface area contributed by atoms with Crippen LogP contribution in [0, 0.1) is 5.92 Å². The first-order valence-corrected chi connectivity index (χ1v) is 11.7. The lowest BCUT2D eigenvalue weighted by molar-refractivity contribution is -0.147. The molecule has 3 rings (SSSR count). The van der Waals surface area contributed by atoms with Gasteiger partial charge in [0.05, 0.1) is 6.61 Å². The van der Waals surface area contributed by atoms with Crippen LogP contribution in [-0.2, 0) is 9.53 Å². The molecular formula is C27H36O3. The topological polar surface area (TPSA) is 35.5 Å². The van der Waals surface area contributed by atoms with E-state index in [1.807, 2.05) is 18.2 Å². The molecule has 0 saturated carbocycles. The molecule has 2 aromatic carbocycles. The van der Waals surface area contributed by atoms with Gasteiger partial charge in [-0.15, -0.1) is 0 Å². The molecule has 1 atom stereocenters. The fraction of sp³-hybridized carbons (Fsp3) is 0.519. The van der Waals surface area contributed by atoms with E-state index in [1.165, 1.54) is 32.1 Å². The second kappa shape index (κ2) is 11.2. The maximum atomic E-state index is 12.4. The Morgan fingerprint density at radius 2 is 1.77 bits per heavy atom. The lowest BCUT2D eigenvalue weighted by Crippen LogP contribution is -2.13. The average molecular weight is 409 g/mol. The van der Waals surface area contributed by atoms with Gasteiger partial charge in [0.2, 0.25) is 0 Å². The Morgan fingerprint density at radius 1 is 1.00 bits per heavy atom. The smallest absolute Gasteiger partial charge is 0.306 e. The van der Waals surface area contributed by atoms with Crippen LogP contribution in [0.3, 0.4) is 0 Å². The molecule has 0 spiro atoms. The van der Waals surface area contributed by atoms with Crippen molar-refractivity contribution in [3.8, 4) is 5.75 Å². The predicted octanol–water partition coefficient (Wildman–Crippen LogP) is 7.63. The van der Waals surface area contributed by atoms with Gasteiger partial charge in [-0.2, -0.15) is 0 Å². The first-order chi connectivity index (χ1) is 14.6. The molecule has 1 aliphatic carbocycles. The summed E-state index contributed by atoms with van der Waals surface area (Å²) < 4.78 is 11.9. The van der Waals surface area contributed by atoms with Crippen molar-refractivity contribution in [1.82, 2.24) is 0 Å². The lowest BCUT2D eigenvalue weighted by Gasteiger charge is -2.23. The molecule has 3 nitrogen and oxygen atoms in total. The molecule has 30 heavy (non-hydrogen) atoms. The number of hydrogen-bond acceptors (Lipinski definition) is 3. The predicted molar refractivity (Wildman–Crippen MR) is 125 cm³/mol. The monoisotopic (exact) mass is 408 g/mol. The third-order valence-electron chi connectivity index (χ3n) is 5.64. The van der Waals surface area contributed by atoms with Crippen LogP contribution >= 0.6 is 0 Å². The highest BCUT2D eigenvalue weighted by Gasteiger charge is 2.23. The van der Waals surface area contributed by atoms with E-state index in [-0.39, 0.29) is 12.1 Å². The van der Waals surface area contributed by atoms with E-state index in [0.717, 1.165) is 40.5 Å². The molecule has 0 saturated heterocycles. The molecule has 0 aromatic heterocycles. The molecule has 162 valence electrons. The molecule has 0 fully saturated rings. The van der Waals surface area contributed by atoms with Gasteiger partial charge in [-0.3, -0.25) is 4.79 Å². The number of ether oxygens (including phenoxy) is 2.